The average Bonchev–Trinajstić information content (AvgIpc) is 3.46. The smallest absolute Gasteiger partial charge is 0.338 e. The number of allylic oxidation sites excluding steroid dienone is 1. The predicted octanol–water partition coefficient (Wildman–Crippen LogP) is 3.43. The van der Waals surface area contributed by atoms with Crippen LogP contribution in [0.15, 0.2) is 69.4 Å². The zero-order chi connectivity index (χ0) is 24.2. The molecular formula is C25H24N2O5S2. The second-order valence-electron chi connectivity index (χ2n) is 7.33. The molecule has 3 heterocycles. The van der Waals surface area contributed by atoms with Crippen LogP contribution in [0.5, 0.6) is 11.5 Å². The van der Waals surface area contributed by atoms with Gasteiger partial charge in [-0.3, -0.25) is 9.36 Å². The van der Waals surface area contributed by atoms with Crippen LogP contribution in [-0.2, 0) is 9.53 Å². The summed E-state index contributed by atoms with van der Waals surface area (Å²) in [5, 5.41) is 1.92. The third-order valence-electron chi connectivity index (χ3n) is 5.17. The van der Waals surface area contributed by atoms with E-state index < -0.39 is 12.0 Å². The van der Waals surface area contributed by atoms with Crippen LogP contribution >= 0.6 is 22.7 Å². The number of aromatic nitrogens is 1. The van der Waals surface area contributed by atoms with Gasteiger partial charge in [0.05, 0.1) is 29.5 Å². The number of carbonyl (C=O) groups is 1. The summed E-state index contributed by atoms with van der Waals surface area (Å²) < 4.78 is 18.4. The Morgan fingerprint density at radius 2 is 2.12 bits per heavy atom. The summed E-state index contributed by atoms with van der Waals surface area (Å²) in [5.41, 5.74) is 1.49. The molecule has 0 spiro atoms. The summed E-state index contributed by atoms with van der Waals surface area (Å²) in [5.74, 6) is 0.685. The second kappa shape index (κ2) is 10.2. The molecule has 7 nitrogen and oxygen atoms in total. The van der Waals surface area contributed by atoms with E-state index in [4.69, 9.17) is 14.2 Å². The van der Waals surface area contributed by atoms with Gasteiger partial charge in [0.2, 0.25) is 0 Å². The Kier molecular flexibility index (Phi) is 7.14. The van der Waals surface area contributed by atoms with Gasteiger partial charge < -0.3 is 14.2 Å². The Bertz CT molecular complexity index is 1430. The lowest BCUT2D eigenvalue weighted by molar-refractivity contribution is -0.139. The van der Waals surface area contributed by atoms with E-state index in [9.17, 15) is 9.59 Å². The standard InChI is InChI=1S/C25H24N2O5S2/c1-5-11-32-17-10-9-16(13-18(17)30-4)14-20-23(28)27-22(19-8-7-12-33-19)21(24(29)31-6-2)15(3)26-25(27)34-20/h5,7-10,12-14,22H,1,6,11H2,2-4H3/b20-14-/t22-/m1/s1. The molecular weight excluding hydrogens is 472 g/mol. The van der Waals surface area contributed by atoms with Gasteiger partial charge in [0, 0.05) is 4.88 Å². The van der Waals surface area contributed by atoms with E-state index >= 15 is 0 Å². The van der Waals surface area contributed by atoms with E-state index in [1.807, 2.05) is 29.6 Å². The molecule has 0 unspecified atom stereocenters. The minimum atomic E-state index is -0.582. The molecule has 9 heteroatoms. The summed E-state index contributed by atoms with van der Waals surface area (Å²) in [6.45, 7) is 7.79. The van der Waals surface area contributed by atoms with Crippen molar-refractivity contribution in [2.24, 2.45) is 4.99 Å². The molecule has 1 aromatic carbocycles. The highest BCUT2D eigenvalue weighted by atomic mass is 32.1. The van der Waals surface area contributed by atoms with Gasteiger partial charge in [-0.25, -0.2) is 9.79 Å². The van der Waals surface area contributed by atoms with Crippen molar-refractivity contribution in [3.63, 3.8) is 0 Å². The highest BCUT2D eigenvalue weighted by molar-refractivity contribution is 7.10. The molecule has 0 saturated carbocycles. The van der Waals surface area contributed by atoms with E-state index in [0.717, 1.165) is 10.4 Å². The first-order valence-corrected chi connectivity index (χ1v) is 12.3. The zero-order valence-electron chi connectivity index (χ0n) is 19.1. The molecule has 0 N–H and O–H groups in total. The molecule has 4 rings (SSSR count). The summed E-state index contributed by atoms with van der Waals surface area (Å²) in [6, 6.07) is 8.69. The lowest BCUT2D eigenvalue weighted by Gasteiger charge is -2.23. The van der Waals surface area contributed by atoms with Crippen molar-refractivity contribution in [1.29, 1.82) is 0 Å². The van der Waals surface area contributed by atoms with Crippen LogP contribution in [0.1, 0.15) is 30.3 Å². The van der Waals surface area contributed by atoms with Gasteiger partial charge in [-0.15, -0.1) is 11.3 Å². The van der Waals surface area contributed by atoms with E-state index in [-0.39, 0.29) is 12.2 Å². The van der Waals surface area contributed by atoms with Gasteiger partial charge in [-0.05, 0) is 49.1 Å². The number of ether oxygens (including phenoxy) is 3. The first kappa shape index (κ1) is 23.7. The number of carbonyl (C=O) groups excluding carboxylic acids is 1. The Labute approximate surface area is 204 Å². The maximum atomic E-state index is 13.6. The maximum absolute atomic E-state index is 13.6. The molecule has 1 atom stereocenters. The highest BCUT2D eigenvalue weighted by Crippen LogP contribution is 2.33. The Morgan fingerprint density at radius 1 is 1.29 bits per heavy atom. The Hall–Kier alpha value is -3.43. The number of nitrogens with zero attached hydrogens (tertiary/aromatic N) is 2. The minimum Gasteiger partial charge on any atom is -0.493 e. The molecule has 1 aliphatic heterocycles. The van der Waals surface area contributed by atoms with Crippen LogP contribution in [-0.4, -0.2) is 30.9 Å². The fourth-order valence-corrected chi connectivity index (χ4v) is 5.57. The first-order chi connectivity index (χ1) is 16.5. The Morgan fingerprint density at radius 3 is 2.79 bits per heavy atom. The number of hydrogen-bond acceptors (Lipinski definition) is 8. The number of thiazole rings is 1. The molecule has 3 aromatic rings. The average molecular weight is 497 g/mol. The largest absolute Gasteiger partial charge is 0.493 e. The quantitative estimate of drug-likeness (QED) is 0.353. The summed E-state index contributed by atoms with van der Waals surface area (Å²) in [6.07, 6.45) is 3.45. The third-order valence-corrected chi connectivity index (χ3v) is 7.08. The van der Waals surface area contributed by atoms with Crippen molar-refractivity contribution in [2.75, 3.05) is 20.3 Å². The molecule has 0 aliphatic carbocycles. The molecule has 0 saturated heterocycles. The van der Waals surface area contributed by atoms with Crippen LogP contribution in [0.3, 0.4) is 0 Å². The van der Waals surface area contributed by atoms with Gasteiger partial charge in [0.15, 0.2) is 16.3 Å². The first-order valence-electron chi connectivity index (χ1n) is 10.6. The molecule has 0 fully saturated rings. The van der Waals surface area contributed by atoms with Crippen LogP contribution < -0.4 is 24.4 Å². The fraction of sp³-hybridized carbons (Fsp3) is 0.240. The maximum Gasteiger partial charge on any atom is 0.338 e. The summed E-state index contributed by atoms with van der Waals surface area (Å²) >= 11 is 2.76. The van der Waals surface area contributed by atoms with Crippen LogP contribution in [0, 0.1) is 0 Å². The molecule has 0 amide bonds. The Balaban J connectivity index is 1.85. The van der Waals surface area contributed by atoms with Crippen molar-refractivity contribution in [1.82, 2.24) is 4.57 Å². The minimum absolute atomic E-state index is 0.220. The number of fused-ring (bicyclic) bond motifs is 1. The fourth-order valence-electron chi connectivity index (χ4n) is 3.70. The van der Waals surface area contributed by atoms with E-state index in [1.165, 1.54) is 22.7 Å². The van der Waals surface area contributed by atoms with Crippen molar-refractivity contribution in [3.05, 3.63) is 89.8 Å². The van der Waals surface area contributed by atoms with Crippen molar-refractivity contribution < 1.29 is 19.0 Å². The van der Waals surface area contributed by atoms with Gasteiger partial charge in [0.1, 0.15) is 12.6 Å². The zero-order valence-corrected chi connectivity index (χ0v) is 20.7. The van der Waals surface area contributed by atoms with Crippen molar-refractivity contribution in [3.8, 4) is 11.5 Å². The van der Waals surface area contributed by atoms with Crippen molar-refractivity contribution in [2.45, 2.75) is 19.9 Å². The van der Waals surface area contributed by atoms with Crippen LogP contribution in [0.4, 0.5) is 0 Å². The topological polar surface area (TPSA) is 79.1 Å². The van der Waals surface area contributed by atoms with Crippen LogP contribution in [0.25, 0.3) is 6.08 Å². The van der Waals surface area contributed by atoms with E-state index in [1.54, 1.807) is 43.7 Å². The molecule has 0 bridgehead atoms. The van der Waals surface area contributed by atoms with Gasteiger partial charge in [-0.2, -0.15) is 0 Å². The number of rotatable bonds is 8. The second-order valence-corrected chi connectivity index (χ2v) is 9.32. The van der Waals surface area contributed by atoms with Gasteiger partial charge >= 0.3 is 5.97 Å². The normalized spacial score (nSPS) is 15.5. The van der Waals surface area contributed by atoms with Gasteiger partial charge in [-0.1, -0.05) is 36.1 Å². The summed E-state index contributed by atoms with van der Waals surface area (Å²) in [7, 11) is 1.56. The molecule has 2 aromatic heterocycles. The van der Waals surface area contributed by atoms with Gasteiger partial charge in [0.25, 0.3) is 5.56 Å². The lowest BCUT2D eigenvalue weighted by Crippen LogP contribution is -2.39. The SMILES string of the molecule is C=CCOc1ccc(/C=c2\sc3n(c2=O)[C@H](c2cccs2)C(C(=O)OCC)=C(C)N=3)cc1OC. The predicted molar refractivity (Wildman–Crippen MR) is 133 cm³/mol. The number of benzene rings is 1. The molecule has 0 radical (unpaired) electrons. The number of esters is 1. The van der Waals surface area contributed by atoms with E-state index in [2.05, 4.69) is 11.6 Å². The lowest BCUT2D eigenvalue weighted by atomic mass is 10.0. The van der Waals surface area contributed by atoms with E-state index in [0.29, 0.717) is 38.7 Å². The molecule has 1 aliphatic rings. The van der Waals surface area contributed by atoms with Crippen LogP contribution in [0.2, 0.25) is 0 Å². The number of methoxy groups -OCH3 is 1. The monoisotopic (exact) mass is 496 g/mol. The van der Waals surface area contributed by atoms with Crippen molar-refractivity contribution >= 4 is 34.7 Å². The highest BCUT2D eigenvalue weighted by Gasteiger charge is 2.33. The number of hydrogen-bond donors (Lipinski definition) is 0. The molecule has 176 valence electrons. The third kappa shape index (κ3) is 4.49. The number of thiophene rings is 1. The summed E-state index contributed by atoms with van der Waals surface area (Å²) in [4.78, 5) is 32.4. The molecule has 34 heavy (non-hydrogen) atoms.